The van der Waals surface area contributed by atoms with E-state index in [1.165, 1.54) is 56.0 Å². The lowest BCUT2D eigenvalue weighted by molar-refractivity contribution is 0.304. The predicted octanol–water partition coefficient (Wildman–Crippen LogP) is 6.61. The second-order valence-electron chi connectivity index (χ2n) is 7.39. The van der Waals surface area contributed by atoms with Gasteiger partial charge in [-0.05, 0) is 43.5 Å². The van der Waals surface area contributed by atoms with Crippen LogP contribution in [0.3, 0.4) is 0 Å². The molecule has 0 unspecified atom stereocenters. The SMILES string of the molecule is Cc1cccc2[nH]c(CCCCCCCCCCOc3ccccc3)nc12. The van der Waals surface area contributed by atoms with E-state index in [2.05, 4.69) is 30.1 Å². The molecule has 0 bridgehead atoms. The van der Waals surface area contributed by atoms with Crippen LogP contribution in [0.4, 0.5) is 0 Å². The number of imidazole rings is 1. The summed E-state index contributed by atoms with van der Waals surface area (Å²) < 4.78 is 5.73. The number of benzene rings is 2. The van der Waals surface area contributed by atoms with Crippen molar-refractivity contribution in [3.8, 4) is 5.75 Å². The van der Waals surface area contributed by atoms with Crippen molar-refractivity contribution in [1.29, 1.82) is 0 Å². The third kappa shape index (κ3) is 6.42. The minimum Gasteiger partial charge on any atom is -0.494 e. The van der Waals surface area contributed by atoms with E-state index in [1.807, 2.05) is 30.3 Å². The highest BCUT2D eigenvalue weighted by molar-refractivity contribution is 5.78. The molecule has 1 heterocycles. The Labute approximate surface area is 163 Å². The molecule has 0 radical (unpaired) electrons. The summed E-state index contributed by atoms with van der Waals surface area (Å²) in [5, 5.41) is 0. The molecule has 0 spiro atoms. The molecule has 0 saturated heterocycles. The van der Waals surface area contributed by atoms with Crippen LogP contribution in [0, 0.1) is 6.92 Å². The van der Waals surface area contributed by atoms with Gasteiger partial charge in [0.25, 0.3) is 0 Å². The van der Waals surface area contributed by atoms with Crippen molar-refractivity contribution < 1.29 is 4.74 Å². The van der Waals surface area contributed by atoms with Gasteiger partial charge in [-0.25, -0.2) is 4.98 Å². The summed E-state index contributed by atoms with van der Waals surface area (Å²) in [6, 6.07) is 16.4. The second-order valence-corrected chi connectivity index (χ2v) is 7.39. The van der Waals surface area contributed by atoms with Gasteiger partial charge in [0, 0.05) is 6.42 Å². The zero-order valence-electron chi connectivity index (χ0n) is 16.5. The summed E-state index contributed by atoms with van der Waals surface area (Å²) in [4.78, 5) is 8.20. The van der Waals surface area contributed by atoms with Gasteiger partial charge < -0.3 is 9.72 Å². The highest BCUT2D eigenvalue weighted by Crippen LogP contribution is 2.17. The highest BCUT2D eigenvalue weighted by atomic mass is 16.5. The average molecular weight is 365 g/mol. The van der Waals surface area contributed by atoms with Crippen LogP contribution in [0.5, 0.6) is 5.75 Å². The van der Waals surface area contributed by atoms with E-state index in [0.717, 1.165) is 36.5 Å². The molecule has 3 heteroatoms. The number of aromatic nitrogens is 2. The summed E-state index contributed by atoms with van der Waals surface area (Å²) in [7, 11) is 0. The highest BCUT2D eigenvalue weighted by Gasteiger charge is 2.04. The van der Waals surface area contributed by atoms with Crippen molar-refractivity contribution in [3.63, 3.8) is 0 Å². The molecule has 3 aromatic rings. The van der Waals surface area contributed by atoms with E-state index in [1.54, 1.807) is 0 Å². The number of aryl methyl sites for hydroxylation is 2. The smallest absolute Gasteiger partial charge is 0.119 e. The van der Waals surface area contributed by atoms with Crippen LogP contribution in [0.15, 0.2) is 48.5 Å². The number of H-pyrrole nitrogens is 1. The first-order valence-electron chi connectivity index (χ1n) is 10.4. The van der Waals surface area contributed by atoms with Crippen LogP contribution in [-0.2, 0) is 6.42 Å². The summed E-state index contributed by atoms with van der Waals surface area (Å²) >= 11 is 0. The lowest BCUT2D eigenvalue weighted by atomic mass is 10.1. The molecular weight excluding hydrogens is 332 g/mol. The second kappa shape index (κ2) is 10.8. The van der Waals surface area contributed by atoms with Crippen molar-refractivity contribution >= 4 is 11.0 Å². The van der Waals surface area contributed by atoms with Crippen molar-refractivity contribution in [2.45, 2.75) is 64.7 Å². The van der Waals surface area contributed by atoms with Crippen LogP contribution >= 0.6 is 0 Å². The quantitative estimate of drug-likeness (QED) is 0.367. The molecule has 3 nitrogen and oxygen atoms in total. The van der Waals surface area contributed by atoms with E-state index in [4.69, 9.17) is 9.72 Å². The molecule has 0 fully saturated rings. The van der Waals surface area contributed by atoms with Gasteiger partial charge in [0.1, 0.15) is 11.6 Å². The minimum atomic E-state index is 0.834. The van der Waals surface area contributed by atoms with Crippen LogP contribution in [0.1, 0.15) is 62.8 Å². The largest absolute Gasteiger partial charge is 0.494 e. The van der Waals surface area contributed by atoms with E-state index < -0.39 is 0 Å². The fourth-order valence-corrected chi connectivity index (χ4v) is 3.51. The van der Waals surface area contributed by atoms with E-state index in [0.29, 0.717) is 0 Å². The van der Waals surface area contributed by atoms with Gasteiger partial charge in [-0.1, -0.05) is 68.9 Å². The first-order valence-corrected chi connectivity index (χ1v) is 10.4. The molecule has 0 saturated carbocycles. The van der Waals surface area contributed by atoms with Crippen molar-refractivity contribution in [1.82, 2.24) is 9.97 Å². The third-order valence-corrected chi connectivity index (χ3v) is 5.08. The molecule has 3 rings (SSSR count). The van der Waals surface area contributed by atoms with Gasteiger partial charge in [0.05, 0.1) is 17.6 Å². The van der Waals surface area contributed by atoms with Crippen molar-refractivity contribution in [3.05, 3.63) is 59.9 Å². The number of hydrogen-bond acceptors (Lipinski definition) is 2. The maximum absolute atomic E-state index is 5.73. The Morgan fingerprint density at radius 1 is 0.778 bits per heavy atom. The van der Waals surface area contributed by atoms with Gasteiger partial charge in [-0.15, -0.1) is 0 Å². The third-order valence-electron chi connectivity index (χ3n) is 5.08. The molecule has 0 aliphatic heterocycles. The minimum absolute atomic E-state index is 0.834. The normalized spacial score (nSPS) is 11.1. The monoisotopic (exact) mass is 364 g/mol. The van der Waals surface area contributed by atoms with Crippen LogP contribution in [0.2, 0.25) is 0 Å². The predicted molar refractivity (Wildman–Crippen MR) is 113 cm³/mol. The van der Waals surface area contributed by atoms with Gasteiger partial charge >= 0.3 is 0 Å². The molecule has 27 heavy (non-hydrogen) atoms. The van der Waals surface area contributed by atoms with Crippen LogP contribution in [-0.4, -0.2) is 16.6 Å². The van der Waals surface area contributed by atoms with E-state index >= 15 is 0 Å². The number of para-hydroxylation sites is 2. The Kier molecular flexibility index (Phi) is 7.76. The molecule has 1 N–H and O–H groups in total. The van der Waals surface area contributed by atoms with Crippen molar-refractivity contribution in [2.75, 3.05) is 6.61 Å². The molecule has 0 atom stereocenters. The maximum Gasteiger partial charge on any atom is 0.119 e. The lowest BCUT2D eigenvalue weighted by Gasteiger charge is -2.05. The molecule has 0 amide bonds. The number of unbranched alkanes of at least 4 members (excludes halogenated alkanes) is 7. The topological polar surface area (TPSA) is 37.9 Å². The van der Waals surface area contributed by atoms with Gasteiger partial charge in [-0.3, -0.25) is 0 Å². The van der Waals surface area contributed by atoms with E-state index in [9.17, 15) is 0 Å². The summed E-state index contributed by atoms with van der Waals surface area (Å²) in [5.41, 5.74) is 3.55. The number of rotatable bonds is 12. The number of nitrogens with one attached hydrogen (secondary N) is 1. The molecule has 0 aliphatic carbocycles. The fraction of sp³-hybridized carbons (Fsp3) is 0.458. The number of hydrogen-bond donors (Lipinski definition) is 1. The molecule has 144 valence electrons. The Bertz CT molecular complexity index is 795. The summed E-state index contributed by atoms with van der Waals surface area (Å²) in [5.74, 6) is 2.12. The number of nitrogens with zero attached hydrogens (tertiary/aromatic N) is 1. The zero-order valence-corrected chi connectivity index (χ0v) is 16.5. The number of aromatic amines is 1. The fourth-order valence-electron chi connectivity index (χ4n) is 3.51. The Morgan fingerprint density at radius 2 is 1.48 bits per heavy atom. The standard InChI is InChI=1S/C24H32N2O/c1-20-14-13-17-22-24(20)26-23(25-22)18-11-6-4-2-3-5-7-12-19-27-21-15-9-8-10-16-21/h8-10,13-17H,2-7,11-12,18-19H2,1H3,(H,25,26). The molecule has 2 aromatic carbocycles. The molecular formula is C24H32N2O. The molecule has 0 aliphatic rings. The number of ether oxygens (including phenoxy) is 1. The van der Waals surface area contributed by atoms with Crippen LogP contribution < -0.4 is 4.74 Å². The van der Waals surface area contributed by atoms with Crippen LogP contribution in [0.25, 0.3) is 11.0 Å². The average Bonchev–Trinajstić information content (AvgIpc) is 3.11. The summed E-state index contributed by atoms with van der Waals surface area (Å²) in [6.07, 6.45) is 11.3. The Morgan fingerprint density at radius 3 is 2.22 bits per heavy atom. The molecule has 1 aromatic heterocycles. The van der Waals surface area contributed by atoms with Gasteiger partial charge in [0.15, 0.2) is 0 Å². The Balaban J connectivity index is 1.17. The maximum atomic E-state index is 5.73. The van der Waals surface area contributed by atoms with E-state index in [-0.39, 0.29) is 0 Å². The van der Waals surface area contributed by atoms with Gasteiger partial charge in [-0.2, -0.15) is 0 Å². The Hall–Kier alpha value is -2.29. The summed E-state index contributed by atoms with van der Waals surface area (Å²) in [6.45, 7) is 2.96. The zero-order chi connectivity index (χ0) is 18.7. The first kappa shape index (κ1) is 19.5. The lowest BCUT2D eigenvalue weighted by Crippen LogP contribution is -1.96. The van der Waals surface area contributed by atoms with Crippen molar-refractivity contribution in [2.24, 2.45) is 0 Å². The number of fused-ring (bicyclic) bond motifs is 1. The first-order chi connectivity index (χ1) is 13.3. The van der Waals surface area contributed by atoms with Gasteiger partial charge in [0.2, 0.25) is 0 Å².